The monoisotopic (exact) mass is 399 g/mol. The highest BCUT2D eigenvalue weighted by molar-refractivity contribution is 7.89. The van der Waals surface area contributed by atoms with Crippen molar-refractivity contribution in [3.05, 3.63) is 64.5 Å². The fourth-order valence-electron chi connectivity index (χ4n) is 3.44. The van der Waals surface area contributed by atoms with Crippen LogP contribution in [0.2, 0.25) is 0 Å². The number of sulfonamides is 1. The van der Waals surface area contributed by atoms with Crippen molar-refractivity contribution in [3.63, 3.8) is 0 Å². The average molecular weight is 400 g/mol. The second-order valence-electron chi connectivity index (χ2n) is 7.04. The number of nitrogens with zero attached hydrogens (tertiary/aromatic N) is 3. The van der Waals surface area contributed by atoms with Gasteiger partial charge in [-0.2, -0.15) is 9.29 Å². The molecule has 0 aliphatic carbocycles. The maximum Gasteiger partial charge on any atom is 0.244 e. The van der Waals surface area contributed by atoms with Gasteiger partial charge in [0.25, 0.3) is 0 Å². The Morgan fingerprint density at radius 1 is 1.00 bits per heavy atom. The first kappa shape index (κ1) is 20.2. The summed E-state index contributed by atoms with van der Waals surface area (Å²) in [4.78, 5) is 4.74. The zero-order chi connectivity index (χ0) is 20.5. The molecule has 0 saturated heterocycles. The van der Waals surface area contributed by atoms with E-state index >= 15 is 0 Å². The molecule has 0 radical (unpaired) electrons. The zero-order valence-electron chi connectivity index (χ0n) is 16.9. The first-order chi connectivity index (χ1) is 13.2. The molecule has 0 bridgehead atoms. The van der Waals surface area contributed by atoms with Gasteiger partial charge in [-0.25, -0.2) is 8.42 Å². The van der Waals surface area contributed by atoms with E-state index in [0.29, 0.717) is 17.3 Å². The van der Waals surface area contributed by atoms with Gasteiger partial charge in [-0.1, -0.05) is 53.5 Å². The van der Waals surface area contributed by atoms with E-state index < -0.39 is 10.0 Å². The van der Waals surface area contributed by atoms with Gasteiger partial charge in [-0.3, -0.25) is 0 Å². The second-order valence-corrected chi connectivity index (χ2v) is 8.92. The molecule has 0 atom stereocenters. The van der Waals surface area contributed by atoms with Crippen molar-refractivity contribution < 1.29 is 12.9 Å². The molecular formula is C21H25N3O3S. The molecule has 7 heteroatoms. The van der Waals surface area contributed by atoms with E-state index in [1.165, 1.54) is 4.31 Å². The Balaban J connectivity index is 1.91. The Morgan fingerprint density at radius 3 is 2.29 bits per heavy atom. The summed E-state index contributed by atoms with van der Waals surface area (Å²) in [7, 11) is -3.68. The first-order valence-electron chi connectivity index (χ1n) is 9.20. The minimum absolute atomic E-state index is 0.0321. The number of benzene rings is 2. The van der Waals surface area contributed by atoms with Gasteiger partial charge in [0, 0.05) is 12.1 Å². The lowest BCUT2D eigenvalue weighted by Gasteiger charge is -2.21. The molecule has 0 spiro atoms. The highest BCUT2D eigenvalue weighted by Gasteiger charge is 2.28. The zero-order valence-corrected chi connectivity index (χ0v) is 17.7. The molecule has 3 rings (SSSR count). The molecule has 0 fully saturated rings. The third-order valence-corrected chi connectivity index (χ3v) is 6.84. The second kappa shape index (κ2) is 7.85. The summed E-state index contributed by atoms with van der Waals surface area (Å²) in [5.41, 5.74) is 4.44. The van der Waals surface area contributed by atoms with E-state index in [4.69, 9.17) is 4.52 Å². The van der Waals surface area contributed by atoms with Crippen LogP contribution in [0, 0.1) is 27.7 Å². The van der Waals surface area contributed by atoms with Crippen LogP contribution >= 0.6 is 0 Å². The normalized spacial score (nSPS) is 11.9. The molecule has 1 heterocycles. The Kier molecular flexibility index (Phi) is 5.67. The van der Waals surface area contributed by atoms with Gasteiger partial charge in [-0.05, 0) is 44.9 Å². The molecule has 1 aromatic heterocycles. The molecule has 0 aliphatic heterocycles. The standard InChI is InChI=1S/C21H25N3O3S/c1-6-24(28(25,26)20-16(4)10-15(3)11-17(20)5)13-19-22-21(23-27-19)18-9-7-8-14(2)12-18/h7-12H,6,13H2,1-5H3. The van der Waals surface area contributed by atoms with Crippen LogP contribution in [0.15, 0.2) is 45.8 Å². The number of aryl methyl sites for hydroxylation is 4. The Morgan fingerprint density at radius 2 is 1.68 bits per heavy atom. The molecule has 0 saturated carbocycles. The Labute approximate surface area is 166 Å². The van der Waals surface area contributed by atoms with E-state index in [1.807, 2.05) is 64.1 Å². The molecule has 0 amide bonds. The van der Waals surface area contributed by atoms with Crippen molar-refractivity contribution in [2.75, 3.05) is 6.54 Å². The highest BCUT2D eigenvalue weighted by atomic mass is 32.2. The molecule has 148 valence electrons. The summed E-state index contributed by atoms with van der Waals surface area (Å²) >= 11 is 0. The van der Waals surface area contributed by atoms with Crippen molar-refractivity contribution >= 4 is 10.0 Å². The minimum atomic E-state index is -3.68. The van der Waals surface area contributed by atoms with Gasteiger partial charge in [0.2, 0.25) is 21.7 Å². The molecule has 28 heavy (non-hydrogen) atoms. The smallest absolute Gasteiger partial charge is 0.244 e. The van der Waals surface area contributed by atoms with Gasteiger partial charge in [-0.15, -0.1) is 0 Å². The van der Waals surface area contributed by atoms with Crippen molar-refractivity contribution in [1.29, 1.82) is 0 Å². The van der Waals surface area contributed by atoms with Crippen LogP contribution in [-0.2, 0) is 16.6 Å². The van der Waals surface area contributed by atoms with E-state index in [-0.39, 0.29) is 12.4 Å². The Bertz CT molecular complexity index is 1080. The summed E-state index contributed by atoms with van der Waals surface area (Å²) in [6, 6.07) is 11.5. The Hall–Kier alpha value is -2.51. The van der Waals surface area contributed by atoms with Crippen molar-refractivity contribution in [2.24, 2.45) is 0 Å². The summed E-state index contributed by atoms with van der Waals surface area (Å²) in [6.07, 6.45) is 0. The largest absolute Gasteiger partial charge is 0.338 e. The van der Waals surface area contributed by atoms with E-state index in [9.17, 15) is 8.42 Å². The van der Waals surface area contributed by atoms with Gasteiger partial charge >= 0.3 is 0 Å². The van der Waals surface area contributed by atoms with Crippen LogP contribution in [0.3, 0.4) is 0 Å². The van der Waals surface area contributed by atoms with E-state index in [0.717, 1.165) is 27.8 Å². The third kappa shape index (κ3) is 4.00. The lowest BCUT2D eigenvalue weighted by atomic mass is 10.1. The van der Waals surface area contributed by atoms with Crippen molar-refractivity contribution in [1.82, 2.24) is 14.4 Å². The highest BCUT2D eigenvalue weighted by Crippen LogP contribution is 2.26. The van der Waals surface area contributed by atoms with Crippen LogP contribution < -0.4 is 0 Å². The number of rotatable bonds is 6. The molecular weight excluding hydrogens is 374 g/mol. The fraction of sp³-hybridized carbons (Fsp3) is 0.333. The molecule has 2 aromatic carbocycles. The first-order valence-corrected chi connectivity index (χ1v) is 10.6. The molecule has 6 nitrogen and oxygen atoms in total. The summed E-state index contributed by atoms with van der Waals surface area (Å²) < 4.78 is 33.3. The maximum atomic E-state index is 13.3. The minimum Gasteiger partial charge on any atom is -0.338 e. The predicted octanol–water partition coefficient (Wildman–Crippen LogP) is 4.18. The molecule has 3 aromatic rings. The van der Waals surface area contributed by atoms with E-state index in [2.05, 4.69) is 10.1 Å². The van der Waals surface area contributed by atoms with Gasteiger partial charge in [0.1, 0.15) is 0 Å². The van der Waals surface area contributed by atoms with Crippen molar-refractivity contribution in [3.8, 4) is 11.4 Å². The third-order valence-electron chi connectivity index (χ3n) is 4.61. The molecule has 0 aliphatic rings. The topological polar surface area (TPSA) is 76.3 Å². The summed E-state index contributed by atoms with van der Waals surface area (Å²) in [5.74, 6) is 0.721. The fourth-order valence-corrected chi connectivity index (χ4v) is 5.25. The SMILES string of the molecule is CCN(Cc1nc(-c2cccc(C)c2)no1)S(=O)(=O)c1c(C)cc(C)cc1C. The number of hydrogen-bond acceptors (Lipinski definition) is 5. The van der Waals surface area contributed by atoms with Crippen molar-refractivity contribution in [2.45, 2.75) is 46.1 Å². The maximum absolute atomic E-state index is 13.3. The lowest BCUT2D eigenvalue weighted by Crippen LogP contribution is -2.31. The molecule has 0 N–H and O–H groups in total. The number of aromatic nitrogens is 2. The van der Waals surface area contributed by atoms with E-state index in [1.54, 1.807) is 6.92 Å². The summed E-state index contributed by atoms with van der Waals surface area (Å²) in [6.45, 7) is 9.73. The lowest BCUT2D eigenvalue weighted by molar-refractivity contribution is 0.321. The van der Waals surface area contributed by atoms with Crippen LogP contribution in [0.25, 0.3) is 11.4 Å². The summed E-state index contributed by atoms with van der Waals surface area (Å²) in [5, 5.41) is 4.01. The van der Waals surface area contributed by atoms with Crippen LogP contribution in [0.1, 0.15) is 35.1 Å². The van der Waals surface area contributed by atoms with Crippen LogP contribution in [-0.4, -0.2) is 29.4 Å². The van der Waals surface area contributed by atoms with Crippen LogP contribution in [0.5, 0.6) is 0 Å². The van der Waals surface area contributed by atoms with Gasteiger partial charge < -0.3 is 4.52 Å². The molecule has 0 unspecified atom stereocenters. The average Bonchev–Trinajstić information content (AvgIpc) is 3.07. The van der Waals surface area contributed by atoms with Crippen LogP contribution in [0.4, 0.5) is 0 Å². The quantitative estimate of drug-likeness (QED) is 0.621. The number of hydrogen-bond donors (Lipinski definition) is 0. The van der Waals surface area contributed by atoms with Gasteiger partial charge in [0.15, 0.2) is 0 Å². The predicted molar refractivity (Wildman–Crippen MR) is 108 cm³/mol. The van der Waals surface area contributed by atoms with Gasteiger partial charge in [0.05, 0.1) is 11.4 Å².